The van der Waals surface area contributed by atoms with Gasteiger partial charge in [0.2, 0.25) is 0 Å². The first-order valence-electron chi connectivity index (χ1n) is 6.42. The average molecular weight is 276 g/mol. The fourth-order valence-electron chi connectivity index (χ4n) is 1.73. The van der Waals surface area contributed by atoms with Crippen molar-refractivity contribution in [1.29, 1.82) is 0 Å². The second kappa shape index (κ2) is 6.64. The van der Waals surface area contributed by atoms with Crippen LogP contribution in [-0.2, 0) is 6.54 Å². The maximum absolute atomic E-state index is 5.96. The Morgan fingerprint density at radius 2 is 1.95 bits per heavy atom. The van der Waals surface area contributed by atoms with Crippen LogP contribution in [-0.4, -0.2) is 16.5 Å². The van der Waals surface area contributed by atoms with E-state index >= 15 is 0 Å². The molecular weight excluding hydrogens is 258 g/mol. The van der Waals surface area contributed by atoms with Crippen LogP contribution in [0.1, 0.15) is 19.4 Å². The Balaban J connectivity index is 2.02. The molecule has 0 saturated heterocycles. The minimum absolute atomic E-state index is 0.645. The zero-order valence-electron chi connectivity index (χ0n) is 11.2. The molecule has 2 aromatic rings. The van der Waals surface area contributed by atoms with Gasteiger partial charge >= 0.3 is 0 Å². The second-order valence-electron chi connectivity index (χ2n) is 4.95. The minimum atomic E-state index is 0.645. The van der Waals surface area contributed by atoms with E-state index in [0.717, 1.165) is 24.2 Å². The lowest BCUT2D eigenvalue weighted by Crippen LogP contribution is -2.19. The Hall–Kier alpha value is -1.45. The van der Waals surface area contributed by atoms with Gasteiger partial charge in [-0.05, 0) is 24.6 Å². The van der Waals surface area contributed by atoms with Crippen LogP contribution in [0.15, 0.2) is 36.7 Å². The predicted octanol–water partition coefficient (Wildman–Crippen LogP) is 3.54. The third-order valence-electron chi connectivity index (χ3n) is 2.67. The lowest BCUT2D eigenvalue weighted by Gasteiger charge is -2.07. The molecule has 0 spiro atoms. The number of hydrogen-bond acceptors (Lipinski definition) is 3. The summed E-state index contributed by atoms with van der Waals surface area (Å²) in [5.74, 6) is 1.35. The molecule has 4 heteroatoms. The molecule has 0 aliphatic carbocycles. The first-order chi connectivity index (χ1) is 9.15. The van der Waals surface area contributed by atoms with Gasteiger partial charge in [-0.1, -0.05) is 37.6 Å². The molecule has 0 bridgehead atoms. The summed E-state index contributed by atoms with van der Waals surface area (Å²) in [6, 6.07) is 7.57. The molecular formula is C15H18ClN3. The van der Waals surface area contributed by atoms with Crippen molar-refractivity contribution in [3.05, 3.63) is 47.2 Å². The molecule has 19 heavy (non-hydrogen) atoms. The maximum atomic E-state index is 5.96. The van der Waals surface area contributed by atoms with Crippen molar-refractivity contribution in [2.45, 2.75) is 20.4 Å². The van der Waals surface area contributed by atoms with Gasteiger partial charge in [-0.2, -0.15) is 0 Å². The highest BCUT2D eigenvalue weighted by molar-refractivity contribution is 6.30. The van der Waals surface area contributed by atoms with Gasteiger partial charge in [-0.25, -0.2) is 9.97 Å². The van der Waals surface area contributed by atoms with Gasteiger partial charge in [-0.15, -0.1) is 0 Å². The highest BCUT2D eigenvalue weighted by Crippen LogP contribution is 2.18. The van der Waals surface area contributed by atoms with E-state index < -0.39 is 0 Å². The smallest absolute Gasteiger partial charge is 0.159 e. The van der Waals surface area contributed by atoms with E-state index in [2.05, 4.69) is 29.1 Å². The zero-order valence-corrected chi connectivity index (χ0v) is 12.0. The number of nitrogens with zero attached hydrogens (tertiary/aromatic N) is 2. The zero-order chi connectivity index (χ0) is 13.7. The largest absolute Gasteiger partial charge is 0.312 e. The molecule has 0 saturated carbocycles. The van der Waals surface area contributed by atoms with Crippen molar-refractivity contribution in [2.24, 2.45) is 5.92 Å². The number of aromatic nitrogens is 2. The number of nitrogens with one attached hydrogen (secondary N) is 1. The summed E-state index contributed by atoms with van der Waals surface area (Å²) in [6.07, 6.45) is 3.72. The minimum Gasteiger partial charge on any atom is -0.312 e. The van der Waals surface area contributed by atoms with Crippen molar-refractivity contribution < 1.29 is 0 Å². The fraction of sp³-hybridized carbons (Fsp3) is 0.333. The molecule has 0 aliphatic heterocycles. The van der Waals surface area contributed by atoms with E-state index in [1.165, 1.54) is 0 Å². The summed E-state index contributed by atoms with van der Waals surface area (Å²) in [6.45, 7) is 6.17. The van der Waals surface area contributed by atoms with E-state index in [9.17, 15) is 0 Å². The van der Waals surface area contributed by atoms with E-state index in [-0.39, 0.29) is 0 Å². The van der Waals surface area contributed by atoms with Gasteiger partial charge < -0.3 is 5.32 Å². The third-order valence-corrected chi connectivity index (χ3v) is 2.90. The van der Waals surface area contributed by atoms with Crippen molar-refractivity contribution >= 4 is 11.6 Å². The lowest BCUT2D eigenvalue weighted by molar-refractivity contribution is 0.551. The molecule has 0 radical (unpaired) electrons. The number of hydrogen-bond donors (Lipinski definition) is 1. The summed E-state index contributed by atoms with van der Waals surface area (Å²) in [5, 5.41) is 4.07. The topological polar surface area (TPSA) is 37.8 Å². The van der Waals surface area contributed by atoms with Crippen LogP contribution in [0.25, 0.3) is 11.4 Å². The molecule has 0 amide bonds. The van der Waals surface area contributed by atoms with E-state index in [1.807, 2.05) is 36.7 Å². The Bertz CT molecular complexity index is 523. The van der Waals surface area contributed by atoms with Crippen LogP contribution < -0.4 is 5.32 Å². The van der Waals surface area contributed by atoms with E-state index in [1.54, 1.807) is 0 Å². The maximum Gasteiger partial charge on any atom is 0.159 e. The normalized spacial score (nSPS) is 10.9. The van der Waals surface area contributed by atoms with Gasteiger partial charge in [-0.3, -0.25) is 0 Å². The molecule has 1 aromatic heterocycles. The monoisotopic (exact) mass is 275 g/mol. The standard InChI is InChI=1S/C15H18ClN3/c1-11(2)7-17-8-12-9-18-15(19-10-12)13-4-3-5-14(16)6-13/h3-6,9-11,17H,7-8H2,1-2H3. The predicted molar refractivity (Wildman–Crippen MR) is 79.0 cm³/mol. The van der Waals surface area contributed by atoms with Crippen molar-refractivity contribution in [3.63, 3.8) is 0 Å². The molecule has 1 aromatic carbocycles. The molecule has 100 valence electrons. The van der Waals surface area contributed by atoms with Gasteiger partial charge in [0.05, 0.1) is 0 Å². The second-order valence-corrected chi connectivity index (χ2v) is 5.39. The summed E-state index contributed by atoms with van der Waals surface area (Å²) in [4.78, 5) is 8.76. The lowest BCUT2D eigenvalue weighted by atomic mass is 10.2. The van der Waals surface area contributed by atoms with Gasteiger partial charge in [0, 0.05) is 35.1 Å². The van der Waals surface area contributed by atoms with Gasteiger partial charge in [0.15, 0.2) is 5.82 Å². The van der Waals surface area contributed by atoms with Crippen LogP contribution >= 0.6 is 11.6 Å². The number of rotatable bonds is 5. The number of benzene rings is 1. The van der Waals surface area contributed by atoms with Gasteiger partial charge in [0.1, 0.15) is 0 Å². The highest BCUT2D eigenvalue weighted by Gasteiger charge is 2.02. The summed E-state index contributed by atoms with van der Waals surface area (Å²) in [5.41, 5.74) is 2.03. The third kappa shape index (κ3) is 4.30. The molecule has 1 heterocycles. The van der Waals surface area contributed by atoms with Crippen LogP contribution in [0.4, 0.5) is 0 Å². The SMILES string of the molecule is CC(C)CNCc1cnc(-c2cccc(Cl)c2)nc1. The molecule has 0 unspecified atom stereocenters. The Kier molecular flexibility index (Phi) is 4.88. The average Bonchev–Trinajstić information content (AvgIpc) is 2.39. The van der Waals surface area contributed by atoms with Crippen LogP contribution in [0.5, 0.6) is 0 Å². The van der Waals surface area contributed by atoms with Gasteiger partial charge in [0.25, 0.3) is 0 Å². The molecule has 2 rings (SSSR count). The Morgan fingerprint density at radius 3 is 2.58 bits per heavy atom. The molecule has 0 atom stereocenters. The first-order valence-corrected chi connectivity index (χ1v) is 6.80. The molecule has 0 fully saturated rings. The van der Waals surface area contributed by atoms with Crippen LogP contribution in [0, 0.1) is 5.92 Å². The summed E-state index contributed by atoms with van der Waals surface area (Å²) >= 11 is 5.96. The molecule has 1 N–H and O–H groups in total. The van der Waals surface area contributed by atoms with Crippen molar-refractivity contribution in [3.8, 4) is 11.4 Å². The van der Waals surface area contributed by atoms with E-state index in [0.29, 0.717) is 16.8 Å². The Labute approximate surface area is 119 Å². The first kappa shape index (κ1) is 14.0. The van der Waals surface area contributed by atoms with Crippen LogP contribution in [0.2, 0.25) is 5.02 Å². The summed E-state index contributed by atoms with van der Waals surface area (Å²) < 4.78 is 0. The number of halogens is 1. The quantitative estimate of drug-likeness (QED) is 0.907. The molecule has 0 aliphatic rings. The van der Waals surface area contributed by atoms with Crippen molar-refractivity contribution in [2.75, 3.05) is 6.54 Å². The van der Waals surface area contributed by atoms with E-state index in [4.69, 9.17) is 11.6 Å². The summed E-state index contributed by atoms with van der Waals surface area (Å²) in [7, 11) is 0. The molecule has 3 nitrogen and oxygen atoms in total. The van der Waals surface area contributed by atoms with Crippen molar-refractivity contribution in [1.82, 2.24) is 15.3 Å². The fourth-order valence-corrected chi connectivity index (χ4v) is 1.92. The Morgan fingerprint density at radius 1 is 1.21 bits per heavy atom. The van der Waals surface area contributed by atoms with Crippen LogP contribution in [0.3, 0.4) is 0 Å². The highest BCUT2D eigenvalue weighted by atomic mass is 35.5.